The largest absolute Gasteiger partial charge is 0.489 e. The van der Waals surface area contributed by atoms with Crippen molar-refractivity contribution in [1.82, 2.24) is 15.2 Å². The highest BCUT2D eigenvalue weighted by Gasteiger charge is 2.08. The second-order valence-corrected chi connectivity index (χ2v) is 6.29. The highest BCUT2D eigenvalue weighted by atomic mass is 16.5. The fraction of sp³-hybridized carbons (Fsp3) is 0.250. The molecule has 0 aliphatic heterocycles. The highest BCUT2D eigenvalue weighted by Crippen LogP contribution is 2.27. The zero-order chi connectivity index (χ0) is 18.4. The van der Waals surface area contributed by atoms with E-state index in [1.165, 1.54) is 11.1 Å². The molecule has 0 radical (unpaired) electrons. The van der Waals surface area contributed by atoms with Gasteiger partial charge in [0.2, 0.25) is 5.95 Å². The summed E-state index contributed by atoms with van der Waals surface area (Å²) in [6, 6.07) is 16.1. The second kappa shape index (κ2) is 8.29. The summed E-state index contributed by atoms with van der Waals surface area (Å²) in [4.78, 5) is 4.47. The molecular formula is C20H23N5O. The predicted molar refractivity (Wildman–Crippen MR) is 104 cm³/mol. The SMILES string of the molecule is Cc1ccc(CNc2cnnc(Nc3ccccc3OC(C)C)n2)cc1. The molecule has 2 aromatic carbocycles. The monoisotopic (exact) mass is 349 g/mol. The summed E-state index contributed by atoms with van der Waals surface area (Å²) in [7, 11) is 0. The number of benzene rings is 2. The van der Waals surface area contributed by atoms with Crippen LogP contribution in [0.15, 0.2) is 54.7 Å². The zero-order valence-electron chi connectivity index (χ0n) is 15.2. The van der Waals surface area contributed by atoms with E-state index in [9.17, 15) is 0 Å². The molecule has 0 bridgehead atoms. The van der Waals surface area contributed by atoms with E-state index in [4.69, 9.17) is 4.74 Å². The lowest BCUT2D eigenvalue weighted by molar-refractivity contribution is 0.244. The summed E-state index contributed by atoms with van der Waals surface area (Å²) < 4.78 is 5.81. The Bertz CT molecular complexity index is 849. The number of nitrogens with one attached hydrogen (secondary N) is 2. The van der Waals surface area contributed by atoms with E-state index in [1.54, 1.807) is 6.20 Å². The lowest BCUT2D eigenvalue weighted by Gasteiger charge is -2.14. The van der Waals surface area contributed by atoms with Crippen LogP contribution in [0, 0.1) is 6.92 Å². The number of hydrogen-bond acceptors (Lipinski definition) is 6. The van der Waals surface area contributed by atoms with Gasteiger partial charge < -0.3 is 15.4 Å². The molecule has 1 aromatic heterocycles. The number of hydrogen-bond donors (Lipinski definition) is 2. The molecule has 26 heavy (non-hydrogen) atoms. The molecule has 6 nitrogen and oxygen atoms in total. The number of rotatable bonds is 7. The maximum absolute atomic E-state index is 5.81. The Morgan fingerprint density at radius 1 is 1.04 bits per heavy atom. The maximum Gasteiger partial charge on any atom is 0.249 e. The number of aryl methyl sites for hydroxylation is 1. The van der Waals surface area contributed by atoms with Gasteiger partial charge in [0.25, 0.3) is 0 Å². The molecule has 3 rings (SSSR count). The summed E-state index contributed by atoms with van der Waals surface area (Å²) in [6.45, 7) is 6.73. The Labute approximate surface area is 153 Å². The number of aromatic nitrogens is 3. The normalized spacial score (nSPS) is 10.6. The van der Waals surface area contributed by atoms with Crippen LogP contribution in [-0.2, 0) is 6.54 Å². The van der Waals surface area contributed by atoms with Gasteiger partial charge in [-0.1, -0.05) is 42.0 Å². The smallest absolute Gasteiger partial charge is 0.249 e. The van der Waals surface area contributed by atoms with Crippen molar-refractivity contribution >= 4 is 17.5 Å². The Morgan fingerprint density at radius 3 is 2.58 bits per heavy atom. The first-order valence-electron chi connectivity index (χ1n) is 8.62. The van der Waals surface area contributed by atoms with Gasteiger partial charge in [-0.15, -0.1) is 5.10 Å². The van der Waals surface area contributed by atoms with Gasteiger partial charge in [-0.25, -0.2) is 0 Å². The maximum atomic E-state index is 5.81. The molecule has 0 spiro atoms. The van der Waals surface area contributed by atoms with Gasteiger partial charge in [0.15, 0.2) is 5.82 Å². The van der Waals surface area contributed by atoms with Gasteiger partial charge in [-0.3, -0.25) is 0 Å². The molecule has 0 fully saturated rings. The van der Waals surface area contributed by atoms with E-state index >= 15 is 0 Å². The van der Waals surface area contributed by atoms with Gasteiger partial charge in [0.05, 0.1) is 18.0 Å². The van der Waals surface area contributed by atoms with Gasteiger partial charge in [-0.2, -0.15) is 10.1 Å². The first kappa shape index (κ1) is 17.7. The lowest BCUT2D eigenvalue weighted by Crippen LogP contribution is -2.09. The van der Waals surface area contributed by atoms with Crippen molar-refractivity contribution in [3.05, 3.63) is 65.9 Å². The van der Waals surface area contributed by atoms with Crippen LogP contribution < -0.4 is 15.4 Å². The molecule has 0 saturated heterocycles. The molecule has 0 aliphatic rings. The minimum atomic E-state index is 0.0829. The van der Waals surface area contributed by atoms with Crippen molar-refractivity contribution < 1.29 is 4.74 Å². The van der Waals surface area contributed by atoms with Crippen molar-refractivity contribution in [3.8, 4) is 5.75 Å². The molecule has 0 atom stereocenters. The summed E-state index contributed by atoms with van der Waals surface area (Å²) >= 11 is 0. The third-order valence-corrected chi connectivity index (χ3v) is 3.65. The predicted octanol–water partition coefficient (Wildman–Crippen LogP) is 4.32. The number of nitrogens with zero attached hydrogens (tertiary/aromatic N) is 3. The van der Waals surface area contributed by atoms with Crippen LogP contribution in [-0.4, -0.2) is 21.3 Å². The van der Waals surface area contributed by atoms with E-state index in [1.807, 2.05) is 38.1 Å². The molecule has 0 saturated carbocycles. The van der Waals surface area contributed by atoms with E-state index in [0.29, 0.717) is 18.3 Å². The van der Waals surface area contributed by atoms with E-state index < -0.39 is 0 Å². The van der Waals surface area contributed by atoms with Crippen LogP contribution in [0.4, 0.5) is 17.5 Å². The summed E-state index contributed by atoms with van der Waals surface area (Å²) in [5.74, 6) is 1.83. The molecule has 6 heteroatoms. The Balaban J connectivity index is 1.69. The molecule has 1 heterocycles. The fourth-order valence-corrected chi connectivity index (χ4v) is 2.39. The van der Waals surface area contributed by atoms with Gasteiger partial charge in [0.1, 0.15) is 5.75 Å². The Morgan fingerprint density at radius 2 is 1.81 bits per heavy atom. The highest BCUT2D eigenvalue weighted by molar-refractivity contribution is 5.62. The molecule has 3 aromatic rings. The van der Waals surface area contributed by atoms with Crippen LogP contribution in [0.5, 0.6) is 5.75 Å². The van der Waals surface area contributed by atoms with Crippen LogP contribution in [0.25, 0.3) is 0 Å². The molecule has 2 N–H and O–H groups in total. The average Bonchev–Trinajstić information content (AvgIpc) is 2.63. The second-order valence-electron chi connectivity index (χ2n) is 6.29. The van der Waals surface area contributed by atoms with E-state index in [0.717, 1.165) is 11.4 Å². The number of anilines is 3. The van der Waals surface area contributed by atoms with Crippen LogP contribution in [0.3, 0.4) is 0 Å². The minimum absolute atomic E-state index is 0.0829. The van der Waals surface area contributed by atoms with Gasteiger partial charge in [0, 0.05) is 6.54 Å². The van der Waals surface area contributed by atoms with Crippen molar-refractivity contribution in [1.29, 1.82) is 0 Å². The Hall–Kier alpha value is -3.15. The van der Waals surface area contributed by atoms with E-state index in [-0.39, 0.29) is 6.10 Å². The summed E-state index contributed by atoms with van der Waals surface area (Å²) in [5.41, 5.74) is 3.23. The lowest BCUT2D eigenvalue weighted by atomic mass is 10.1. The van der Waals surface area contributed by atoms with Crippen molar-refractivity contribution in [2.75, 3.05) is 10.6 Å². The molecule has 0 unspecified atom stereocenters. The minimum Gasteiger partial charge on any atom is -0.489 e. The molecule has 134 valence electrons. The standard InChI is InChI=1S/C20H23N5O/c1-14(2)26-18-7-5-4-6-17(18)23-20-24-19(13-22-25-20)21-12-16-10-8-15(3)9-11-16/h4-11,13-14H,12H2,1-3H3,(H2,21,23,24,25). The first-order valence-corrected chi connectivity index (χ1v) is 8.62. The summed E-state index contributed by atoms with van der Waals surface area (Å²) in [6.07, 6.45) is 1.69. The van der Waals surface area contributed by atoms with Crippen LogP contribution >= 0.6 is 0 Å². The third-order valence-electron chi connectivity index (χ3n) is 3.65. The topological polar surface area (TPSA) is 72.0 Å². The molecule has 0 aliphatic carbocycles. The van der Waals surface area contributed by atoms with E-state index in [2.05, 4.69) is 57.0 Å². The quantitative estimate of drug-likeness (QED) is 0.662. The number of ether oxygens (including phenoxy) is 1. The zero-order valence-corrected chi connectivity index (χ0v) is 15.2. The fourth-order valence-electron chi connectivity index (χ4n) is 2.39. The Kier molecular flexibility index (Phi) is 5.63. The van der Waals surface area contributed by atoms with Crippen molar-refractivity contribution in [3.63, 3.8) is 0 Å². The number of para-hydroxylation sites is 2. The van der Waals surface area contributed by atoms with Gasteiger partial charge in [-0.05, 0) is 38.5 Å². The van der Waals surface area contributed by atoms with Crippen LogP contribution in [0.1, 0.15) is 25.0 Å². The average molecular weight is 349 g/mol. The third kappa shape index (κ3) is 4.92. The van der Waals surface area contributed by atoms with Crippen molar-refractivity contribution in [2.45, 2.75) is 33.4 Å². The summed E-state index contributed by atoms with van der Waals surface area (Å²) in [5, 5.41) is 14.5. The molecule has 0 amide bonds. The van der Waals surface area contributed by atoms with Crippen molar-refractivity contribution in [2.24, 2.45) is 0 Å². The van der Waals surface area contributed by atoms with Gasteiger partial charge >= 0.3 is 0 Å². The van der Waals surface area contributed by atoms with Crippen LogP contribution in [0.2, 0.25) is 0 Å². The molecular weight excluding hydrogens is 326 g/mol. The first-order chi connectivity index (χ1) is 12.6.